The summed E-state index contributed by atoms with van der Waals surface area (Å²) in [5, 5.41) is 12.6. The maximum atomic E-state index is 13.0. The van der Waals surface area contributed by atoms with Crippen LogP contribution in [-0.2, 0) is 20.6 Å². The lowest BCUT2D eigenvalue weighted by atomic mass is 10.0. The Morgan fingerprint density at radius 2 is 1.79 bits per heavy atom. The molecule has 4 rings (SSSR count). The Labute approximate surface area is 171 Å². The van der Waals surface area contributed by atoms with Crippen LogP contribution >= 0.6 is 11.8 Å². The smallest absolute Gasteiger partial charge is 0.332 e. The van der Waals surface area contributed by atoms with Crippen molar-refractivity contribution in [3.05, 3.63) is 68.9 Å². The Morgan fingerprint density at radius 3 is 2.55 bits per heavy atom. The minimum Gasteiger partial charge on any atom is -0.393 e. The Kier molecular flexibility index (Phi) is 5.06. The first-order valence-corrected chi connectivity index (χ1v) is 10.3. The van der Waals surface area contributed by atoms with E-state index in [2.05, 4.69) is 23.2 Å². The van der Waals surface area contributed by atoms with Crippen LogP contribution in [0.1, 0.15) is 12.5 Å². The van der Waals surface area contributed by atoms with Gasteiger partial charge in [-0.2, -0.15) is 0 Å². The summed E-state index contributed by atoms with van der Waals surface area (Å²) in [6, 6.07) is 14.2. The second-order valence-electron chi connectivity index (χ2n) is 7.16. The molecule has 150 valence electrons. The van der Waals surface area contributed by atoms with Gasteiger partial charge < -0.3 is 9.67 Å². The molecule has 0 saturated carbocycles. The van der Waals surface area contributed by atoms with Crippen molar-refractivity contribution >= 4 is 33.7 Å². The van der Waals surface area contributed by atoms with E-state index in [1.165, 1.54) is 23.4 Å². The molecule has 1 atom stereocenters. The largest absolute Gasteiger partial charge is 0.393 e. The second kappa shape index (κ2) is 7.53. The first-order chi connectivity index (χ1) is 13.9. The van der Waals surface area contributed by atoms with Gasteiger partial charge in [-0.05, 0) is 23.3 Å². The zero-order chi connectivity index (χ0) is 20.7. The van der Waals surface area contributed by atoms with Crippen molar-refractivity contribution in [3.8, 4) is 0 Å². The van der Waals surface area contributed by atoms with E-state index in [1.54, 1.807) is 14.0 Å². The van der Waals surface area contributed by atoms with Crippen molar-refractivity contribution in [2.75, 3.05) is 5.75 Å². The predicted molar refractivity (Wildman–Crippen MR) is 116 cm³/mol. The van der Waals surface area contributed by atoms with Crippen LogP contribution in [0.25, 0.3) is 21.9 Å². The zero-order valence-electron chi connectivity index (χ0n) is 16.5. The molecule has 29 heavy (non-hydrogen) atoms. The van der Waals surface area contributed by atoms with Crippen LogP contribution in [0.15, 0.2) is 57.2 Å². The number of thioether (sulfide) groups is 1. The van der Waals surface area contributed by atoms with E-state index in [0.717, 1.165) is 20.9 Å². The molecule has 8 heteroatoms. The van der Waals surface area contributed by atoms with Gasteiger partial charge in [-0.1, -0.05) is 54.2 Å². The average Bonchev–Trinajstić information content (AvgIpc) is 3.08. The van der Waals surface area contributed by atoms with Crippen molar-refractivity contribution in [2.24, 2.45) is 14.1 Å². The molecule has 7 nitrogen and oxygen atoms in total. The quantitative estimate of drug-likeness (QED) is 0.510. The summed E-state index contributed by atoms with van der Waals surface area (Å²) in [5.74, 6) is 0.438. The molecular formula is C21H22N4O3S. The van der Waals surface area contributed by atoms with Gasteiger partial charge in [-0.25, -0.2) is 9.78 Å². The van der Waals surface area contributed by atoms with Crippen molar-refractivity contribution in [3.63, 3.8) is 0 Å². The number of benzene rings is 2. The maximum absolute atomic E-state index is 13.0. The fourth-order valence-corrected chi connectivity index (χ4v) is 4.33. The third kappa shape index (κ3) is 3.38. The van der Waals surface area contributed by atoms with E-state index in [9.17, 15) is 14.7 Å². The minimum absolute atomic E-state index is 0.353. The van der Waals surface area contributed by atoms with Crippen LogP contribution in [-0.4, -0.2) is 35.6 Å². The molecule has 0 fully saturated rings. The standard InChI is InChI=1S/C21H22N4O3S/c1-13(26)12-29-20-22-18-17(19(27)24(3)21(28)23(18)2)25(20)11-15-9-6-8-14-7-4-5-10-16(14)15/h4-10,13,26H,11-12H2,1-3H3. The van der Waals surface area contributed by atoms with E-state index >= 15 is 0 Å². The third-order valence-corrected chi connectivity index (χ3v) is 6.19. The molecule has 2 aromatic carbocycles. The number of aromatic nitrogens is 4. The lowest BCUT2D eigenvalue weighted by molar-refractivity contribution is 0.220. The lowest BCUT2D eigenvalue weighted by Crippen LogP contribution is -2.37. The van der Waals surface area contributed by atoms with Crippen LogP contribution in [0.2, 0.25) is 0 Å². The van der Waals surface area contributed by atoms with Gasteiger partial charge in [0.15, 0.2) is 16.3 Å². The second-order valence-corrected chi connectivity index (χ2v) is 8.14. The number of aliphatic hydroxyl groups is 1. The third-order valence-electron chi connectivity index (χ3n) is 4.97. The first kappa shape index (κ1) is 19.5. The number of nitrogens with zero attached hydrogens (tertiary/aromatic N) is 4. The summed E-state index contributed by atoms with van der Waals surface area (Å²) in [4.78, 5) is 29.9. The maximum Gasteiger partial charge on any atom is 0.332 e. The van der Waals surface area contributed by atoms with Crippen LogP contribution in [0, 0.1) is 0 Å². The van der Waals surface area contributed by atoms with Crippen LogP contribution in [0.4, 0.5) is 0 Å². The Bertz CT molecular complexity index is 1330. The monoisotopic (exact) mass is 410 g/mol. The SMILES string of the molecule is CC(O)CSc1nc2c(c(=O)n(C)c(=O)n2C)n1Cc1cccc2ccccc12. The van der Waals surface area contributed by atoms with Gasteiger partial charge in [0.05, 0.1) is 12.6 Å². The lowest BCUT2D eigenvalue weighted by Gasteiger charge is -2.12. The number of aryl methyl sites for hydroxylation is 1. The normalized spacial score (nSPS) is 12.7. The molecule has 1 unspecified atom stereocenters. The summed E-state index contributed by atoms with van der Waals surface area (Å²) in [7, 11) is 3.09. The van der Waals surface area contributed by atoms with Crippen molar-refractivity contribution < 1.29 is 5.11 Å². The molecule has 1 N–H and O–H groups in total. The van der Waals surface area contributed by atoms with Crippen molar-refractivity contribution in [1.82, 2.24) is 18.7 Å². The molecule has 0 saturated heterocycles. The van der Waals surface area contributed by atoms with Gasteiger partial charge >= 0.3 is 5.69 Å². The van der Waals surface area contributed by atoms with E-state index < -0.39 is 11.8 Å². The van der Waals surface area contributed by atoms with Crippen LogP contribution in [0.3, 0.4) is 0 Å². The highest BCUT2D eigenvalue weighted by molar-refractivity contribution is 7.99. The van der Waals surface area contributed by atoms with Gasteiger partial charge in [0.2, 0.25) is 0 Å². The molecule has 0 aliphatic carbocycles. The highest BCUT2D eigenvalue weighted by atomic mass is 32.2. The summed E-state index contributed by atoms with van der Waals surface area (Å²) in [5.41, 5.74) is 1.00. The predicted octanol–water partition coefficient (Wildman–Crippen LogP) is 2.11. The number of imidazole rings is 1. The topological polar surface area (TPSA) is 82.1 Å². The molecule has 0 bridgehead atoms. The minimum atomic E-state index is -0.516. The molecule has 4 aromatic rings. The molecule has 0 amide bonds. The van der Waals surface area contributed by atoms with Crippen molar-refractivity contribution in [2.45, 2.75) is 24.7 Å². The van der Waals surface area contributed by atoms with Gasteiger partial charge in [0.25, 0.3) is 5.56 Å². The molecule has 0 radical (unpaired) electrons. The Balaban J connectivity index is 1.97. The van der Waals surface area contributed by atoms with Gasteiger partial charge in [0.1, 0.15) is 0 Å². The van der Waals surface area contributed by atoms with Crippen LogP contribution < -0.4 is 11.2 Å². The highest BCUT2D eigenvalue weighted by Gasteiger charge is 2.20. The van der Waals surface area contributed by atoms with Gasteiger partial charge in [0, 0.05) is 19.8 Å². The Hall–Kier alpha value is -2.84. The van der Waals surface area contributed by atoms with E-state index in [-0.39, 0.29) is 5.56 Å². The molecule has 0 aliphatic rings. The number of aliphatic hydroxyl groups excluding tert-OH is 1. The summed E-state index contributed by atoms with van der Waals surface area (Å²) >= 11 is 1.37. The molecule has 0 aliphatic heterocycles. The highest BCUT2D eigenvalue weighted by Crippen LogP contribution is 2.26. The summed E-state index contributed by atoms with van der Waals surface area (Å²) in [6.07, 6.45) is -0.516. The summed E-state index contributed by atoms with van der Waals surface area (Å²) < 4.78 is 4.35. The van der Waals surface area contributed by atoms with Crippen molar-refractivity contribution in [1.29, 1.82) is 0 Å². The Morgan fingerprint density at radius 1 is 1.07 bits per heavy atom. The zero-order valence-corrected chi connectivity index (χ0v) is 17.3. The molecule has 2 heterocycles. The number of fused-ring (bicyclic) bond motifs is 2. The molecular weight excluding hydrogens is 388 g/mol. The number of rotatable bonds is 5. The number of hydrogen-bond donors (Lipinski definition) is 1. The van der Waals surface area contributed by atoms with Crippen LogP contribution in [0.5, 0.6) is 0 Å². The van der Waals surface area contributed by atoms with E-state index in [1.807, 2.05) is 28.8 Å². The fourth-order valence-electron chi connectivity index (χ4n) is 3.48. The summed E-state index contributed by atoms with van der Waals surface area (Å²) in [6.45, 7) is 2.15. The molecule has 0 spiro atoms. The van der Waals surface area contributed by atoms with Gasteiger partial charge in [-0.3, -0.25) is 13.9 Å². The molecule has 2 aromatic heterocycles. The van der Waals surface area contributed by atoms with E-state index in [0.29, 0.717) is 28.6 Å². The first-order valence-electron chi connectivity index (χ1n) is 9.32. The average molecular weight is 410 g/mol. The number of hydrogen-bond acceptors (Lipinski definition) is 5. The van der Waals surface area contributed by atoms with E-state index in [4.69, 9.17) is 0 Å². The van der Waals surface area contributed by atoms with Gasteiger partial charge in [-0.15, -0.1) is 0 Å². The fraction of sp³-hybridized carbons (Fsp3) is 0.286.